The number of ether oxygens (including phenoxy) is 1. The Morgan fingerprint density at radius 2 is 1.74 bits per heavy atom. The monoisotopic (exact) mass is 417 g/mol. The maximum Gasteiger partial charge on any atom is 0.261 e. The number of hydrogen-bond acceptors (Lipinski definition) is 6. The fourth-order valence-electron chi connectivity index (χ4n) is 3.96. The SMILES string of the molecule is Cc1ccc(-n2nccn2)c(C(=O)N2CCOC2CN2C(=O)c3ccccc3C2=O)c1. The van der Waals surface area contributed by atoms with Crippen LogP contribution in [0.5, 0.6) is 0 Å². The van der Waals surface area contributed by atoms with E-state index < -0.39 is 6.23 Å². The number of aromatic nitrogens is 3. The third kappa shape index (κ3) is 3.19. The minimum Gasteiger partial charge on any atom is -0.355 e. The molecular formula is C22H19N5O4. The molecule has 0 aliphatic carbocycles. The quantitative estimate of drug-likeness (QED) is 0.599. The Bertz CT molecular complexity index is 1160. The van der Waals surface area contributed by atoms with E-state index in [1.54, 1.807) is 41.3 Å². The van der Waals surface area contributed by atoms with Crippen LogP contribution < -0.4 is 0 Å². The molecule has 0 radical (unpaired) electrons. The van der Waals surface area contributed by atoms with Gasteiger partial charge in [0.05, 0.1) is 47.9 Å². The molecule has 1 atom stereocenters. The van der Waals surface area contributed by atoms with Crippen molar-refractivity contribution in [2.24, 2.45) is 0 Å². The van der Waals surface area contributed by atoms with Crippen molar-refractivity contribution in [2.45, 2.75) is 13.2 Å². The predicted octanol–water partition coefficient (Wildman–Crippen LogP) is 1.67. The Hall–Kier alpha value is -3.85. The highest BCUT2D eigenvalue weighted by Gasteiger charge is 2.40. The van der Waals surface area contributed by atoms with Crippen LogP contribution >= 0.6 is 0 Å². The standard InChI is InChI=1S/C22H19N5O4/c1-14-6-7-18(27-23-8-9-24-27)17(12-14)22(30)25-10-11-31-19(25)13-26-20(28)15-4-2-3-5-16(15)21(26)29/h2-9,12,19H,10-11,13H2,1H3. The summed E-state index contributed by atoms with van der Waals surface area (Å²) in [5.74, 6) is -1.02. The third-order valence-electron chi connectivity index (χ3n) is 5.48. The lowest BCUT2D eigenvalue weighted by molar-refractivity contribution is 0.00936. The van der Waals surface area contributed by atoms with Gasteiger partial charge in [0.1, 0.15) is 0 Å². The molecule has 156 valence electrons. The van der Waals surface area contributed by atoms with E-state index in [9.17, 15) is 14.4 Å². The van der Waals surface area contributed by atoms with Crippen LogP contribution in [0.2, 0.25) is 0 Å². The van der Waals surface area contributed by atoms with Gasteiger partial charge >= 0.3 is 0 Å². The zero-order chi connectivity index (χ0) is 21.5. The summed E-state index contributed by atoms with van der Waals surface area (Å²) in [6, 6.07) is 12.1. The van der Waals surface area contributed by atoms with Crippen molar-refractivity contribution in [2.75, 3.05) is 19.7 Å². The van der Waals surface area contributed by atoms with E-state index in [1.807, 2.05) is 13.0 Å². The van der Waals surface area contributed by atoms with E-state index >= 15 is 0 Å². The first-order valence-corrected chi connectivity index (χ1v) is 9.90. The number of amides is 3. The molecule has 0 bridgehead atoms. The molecule has 3 amide bonds. The first-order chi connectivity index (χ1) is 15.0. The Kier molecular flexibility index (Phi) is 4.59. The molecule has 1 unspecified atom stereocenters. The second kappa shape index (κ2) is 7.44. The first kappa shape index (κ1) is 19.1. The molecule has 9 heteroatoms. The highest BCUT2D eigenvalue weighted by Crippen LogP contribution is 2.26. The Labute approximate surface area is 177 Å². The van der Waals surface area contributed by atoms with Gasteiger partial charge in [-0.25, -0.2) is 0 Å². The summed E-state index contributed by atoms with van der Waals surface area (Å²) in [5, 5.41) is 8.27. The third-order valence-corrected chi connectivity index (χ3v) is 5.48. The fourth-order valence-corrected chi connectivity index (χ4v) is 3.96. The molecule has 2 aliphatic heterocycles. The number of aryl methyl sites for hydroxylation is 1. The normalized spacial score (nSPS) is 18.0. The summed E-state index contributed by atoms with van der Waals surface area (Å²) in [6.45, 7) is 2.54. The number of fused-ring (bicyclic) bond motifs is 1. The second-order valence-corrected chi connectivity index (χ2v) is 7.43. The van der Waals surface area contributed by atoms with Crippen LogP contribution in [0.1, 0.15) is 36.6 Å². The van der Waals surface area contributed by atoms with Gasteiger partial charge in [-0.2, -0.15) is 15.0 Å². The molecule has 3 aromatic rings. The van der Waals surface area contributed by atoms with E-state index in [-0.39, 0.29) is 24.3 Å². The average Bonchev–Trinajstić information content (AvgIpc) is 3.52. The predicted molar refractivity (Wildman–Crippen MR) is 109 cm³/mol. The number of imide groups is 1. The molecule has 1 aromatic heterocycles. The molecule has 9 nitrogen and oxygen atoms in total. The van der Waals surface area contributed by atoms with E-state index in [1.165, 1.54) is 17.2 Å². The maximum absolute atomic E-state index is 13.5. The van der Waals surface area contributed by atoms with Crippen molar-refractivity contribution in [1.82, 2.24) is 24.8 Å². The molecule has 2 aromatic carbocycles. The zero-order valence-electron chi connectivity index (χ0n) is 16.8. The summed E-state index contributed by atoms with van der Waals surface area (Å²) in [6.07, 6.45) is 2.35. The minimum atomic E-state index is -0.728. The van der Waals surface area contributed by atoms with Crippen molar-refractivity contribution in [3.8, 4) is 5.69 Å². The number of carbonyl (C=O) groups is 3. The lowest BCUT2D eigenvalue weighted by Crippen LogP contribution is -2.46. The number of hydrogen-bond donors (Lipinski definition) is 0. The summed E-state index contributed by atoms with van der Waals surface area (Å²) < 4.78 is 5.75. The van der Waals surface area contributed by atoms with Gasteiger partial charge in [-0.15, -0.1) is 0 Å². The van der Waals surface area contributed by atoms with Gasteiger partial charge < -0.3 is 9.64 Å². The maximum atomic E-state index is 13.5. The number of benzene rings is 2. The van der Waals surface area contributed by atoms with Crippen LogP contribution in [0.15, 0.2) is 54.9 Å². The van der Waals surface area contributed by atoms with E-state index in [4.69, 9.17) is 4.74 Å². The minimum absolute atomic E-state index is 0.0285. The molecule has 0 spiro atoms. The summed E-state index contributed by atoms with van der Waals surface area (Å²) in [7, 11) is 0. The summed E-state index contributed by atoms with van der Waals surface area (Å²) in [4.78, 5) is 43.0. The van der Waals surface area contributed by atoms with Crippen LogP contribution in [0.25, 0.3) is 5.69 Å². The van der Waals surface area contributed by atoms with Gasteiger partial charge in [-0.3, -0.25) is 19.3 Å². The van der Waals surface area contributed by atoms with Crippen LogP contribution in [0, 0.1) is 6.92 Å². The Morgan fingerprint density at radius 1 is 1.06 bits per heavy atom. The zero-order valence-corrected chi connectivity index (χ0v) is 16.8. The molecule has 1 saturated heterocycles. The number of rotatable bonds is 4. The van der Waals surface area contributed by atoms with Gasteiger partial charge in [-0.05, 0) is 31.2 Å². The van der Waals surface area contributed by atoms with E-state index in [0.29, 0.717) is 35.5 Å². The first-order valence-electron chi connectivity index (χ1n) is 9.90. The molecule has 0 N–H and O–H groups in total. The van der Waals surface area contributed by atoms with Gasteiger partial charge in [0.15, 0.2) is 6.23 Å². The smallest absolute Gasteiger partial charge is 0.261 e. The Morgan fingerprint density at radius 3 is 2.42 bits per heavy atom. The van der Waals surface area contributed by atoms with Crippen molar-refractivity contribution in [1.29, 1.82) is 0 Å². The highest BCUT2D eigenvalue weighted by atomic mass is 16.5. The molecular weight excluding hydrogens is 398 g/mol. The summed E-state index contributed by atoms with van der Waals surface area (Å²) in [5.41, 5.74) is 2.63. The van der Waals surface area contributed by atoms with Crippen LogP contribution in [-0.2, 0) is 4.74 Å². The molecule has 31 heavy (non-hydrogen) atoms. The molecule has 2 aliphatic rings. The van der Waals surface area contributed by atoms with Crippen LogP contribution in [-0.4, -0.2) is 68.4 Å². The van der Waals surface area contributed by atoms with E-state index in [2.05, 4.69) is 10.2 Å². The van der Waals surface area contributed by atoms with Crippen molar-refractivity contribution in [3.05, 3.63) is 77.1 Å². The molecule has 0 saturated carbocycles. The van der Waals surface area contributed by atoms with Gasteiger partial charge in [0.2, 0.25) is 0 Å². The van der Waals surface area contributed by atoms with Gasteiger partial charge in [-0.1, -0.05) is 23.8 Å². The molecule has 3 heterocycles. The summed E-state index contributed by atoms with van der Waals surface area (Å²) >= 11 is 0. The number of nitrogens with zero attached hydrogens (tertiary/aromatic N) is 5. The molecule has 5 rings (SSSR count). The molecule has 1 fully saturated rings. The highest BCUT2D eigenvalue weighted by molar-refractivity contribution is 6.21. The largest absolute Gasteiger partial charge is 0.355 e. The van der Waals surface area contributed by atoms with Crippen LogP contribution in [0.3, 0.4) is 0 Å². The average molecular weight is 417 g/mol. The Balaban J connectivity index is 1.42. The van der Waals surface area contributed by atoms with E-state index in [0.717, 1.165) is 10.5 Å². The lowest BCUT2D eigenvalue weighted by Gasteiger charge is -2.27. The van der Waals surface area contributed by atoms with Crippen molar-refractivity contribution in [3.63, 3.8) is 0 Å². The van der Waals surface area contributed by atoms with Gasteiger partial charge in [0, 0.05) is 6.54 Å². The number of carbonyl (C=O) groups excluding carboxylic acids is 3. The fraction of sp³-hybridized carbons (Fsp3) is 0.227. The van der Waals surface area contributed by atoms with Crippen molar-refractivity contribution < 1.29 is 19.1 Å². The van der Waals surface area contributed by atoms with Crippen LogP contribution in [0.4, 0.5) is 0 Å². The van der Waals surface area contributed by atoms with Gasteiger partial charge in [0.25, 0.3) is 17.7 Å². The lowest BCUT2D eigenvalue weighted by atomic mass is 10.1. The topological polar surface area (TPSA) is 97.6 Å². The second-order valence-electron chi connectivity index (χ2n) is 7.43. The van der Waals surface area contributed by atoms with Crippen molar-refractivity contribution >= 4 is 17.7 Å².